The third-order valence-corrected chi connectivity index (χ3v) is 5.57. The van der Waals surface area contributed by atoms with Gasteiger partial charge in [0.05, 0.1) is 25.5 Å². The van der Waals surface area contributed by atoms with E-state index in [-0.39, 0.29) is 0 Å². The van der Waals surface area contributed by atoms with Crippen LogP contribution >= 0.6 is 11.6 Å². The number of hydrogen-bond acceptors (Lipinski definition) is 5. The second-order valence-electron chi connectivity index (χ2n) is 7.39. The van der Waals surface area contributed by atoms with Crippen LogP contribution in [0.2, 0.25) is 5.02 Å². The van der Waals surface area contributed by atoms with Crippen LogP contribution in [0.3, 0.4) is 0 Å². The fourth-order valence-electron chi connectivity index (χ4n) is 3.48. The van der Waals surface area contributed by atoms with E-state index in [0.717, 1.165) is 43.1 Å². The highest BCUT2D eigenvalue weighted by atomic mass is 35.5. The van der Waals surface area contributed by atoms with Gasteiger partial charge in [0.1, 0.15) is 6.61 Å². The van der Waals surface area contributed by atoms with Gasteiger partial charge in [-0.1, -0.05) is 29.8 Å². The number of anilines is 1. The SMILES string of the molecule is CCOc1cc(C=Nc2ccc(N3CCOCC3)cc2)ccc1OCc1ccccc1Cl. The minimum Gasteiger partial charge on any atom is -0.490 e. The predicted molar refractivity (Wildman–Crippen MR) is 130 cm³/mol. The van der Waals surface area contributed by atoms with Gasteiger partial charge in [0.2, 0.25) is 0 Å². The lowest BCUT2D eigenvalue weighted by Gasteiger charge is -2.28. The molecule has 1 fully saturated rings. The Bertz CT molecular complexity index is 1050. The molecular formula is C26H27ClN2O3. The van der Waals surface area contributed by atoms with Crippen molar-refractivity contribution < 1.29 is 14.2 Å². The first-order valence-electron chi connectivity index (χ1n) is 10.8. The van der Waals surface area contributed by atoms with E-state index in [1.54, 1.807) is 0 Å². The fourth-order valence-corrected chi connectivity index (χ4v) is 3.67. The summed E-state index contributed by atoms with van der Waals surface area (Å²) in [4.78, 5) is 6.94. The molecule has 0 saturated carbocycles. The lowest BCUT2D eigenvalue weighted by atomic mass is 10.2. The first kappa shape index (κ1) is 22.2. The molecule has 166 valence electrons. The van der Waals surface area contributed by atoms with E-state index in [2.05, 4.69) is 22.0 Å². The first-order chi connectivity index (χ1) is 15.7. The van der Waals surface area contributed by atoms with E-state index in [4.69, 9.17) is 25.8 Å². The average molecular weight is 451 g/mol. The van der Waals surface area contributed by atoms with Crippen LogP contribution in [0.15, 0.2) is 71.7 Å². The Morgan fingerprint density at radius 2 is 1.75 bits per heavy atom. The predicted octanol–water partition coefficient (Wildman–Crippen LogP) is 5.90. The van der Waals surface area contributed by atoms with Gasteiger partial charge < -0.3 is 19.1 Å². The molecule has 0 amide bonds. The molecule has 4 rings (SSSR count). The molecule has 1 saturated heterocycles. The zero-order valence-corrected chi connectivity index (χ0v) is 18.9. The Morgan fingerprint density at radius 1 is 0.969 bits per heavy atom. The average Bonchev–Trinajstić information content (AvgIpc) is 2.84. The van der Waals surface area contributed by atoms with Crippen LogP contribution in [0.1, 0.15) is 18.1 Å². The Balaban J connectivity index is 1.43. The molecule has 0 unspecified atom stereocenters. The first-order valence-corrected chi connectivity index (χ1v) is 11.2. The third-order valence-electron chi connectivity index (χ3n) is 5.20. The van der Waals surface area contributed by atoms with Gasteiger partial charge in [-0.15, -0.1) is 0 Å². The lowest BCUT2D eigenvalue weighted by molar-refractivity contribution is 0.122. The van der Waals surface area contributed by atoms with E-state index in [1.165, 1.54) is 5.69 Å². The number of aliphatic imine (C=N–C) groups is 1. The van der Waals surface area contributed by atoms with Crippen LogP contribution in [0.4, 0.5) is 11.4 Å². The molecule has 0 N–H and O–H groups in total. The standard InChI is InChI=1S/C26H27ClN2O3/c1-2-31-26-17-20(7-12-25(26)32-19-21-5-3-4-6-24(21)27)18-28-22-8-10-23(11-9-22)29-13-15-30-16-14-29/h3-12,17-18H,2,13-16,19H2,1H3. The van der Waals surface area contributed by atoms with Crippen molar-refractivity contribution in [1.82, 2.24) is 0 Å². The van der Waals surface area contributed by atoms with Crippen LogP contribution in [-0.2, 0) is 11.3 Å². The van der Waals surface area contributed by atoms with Gasteiger partial charge >= 0.3 is 0 Å². The molecule has 3 aromatic rings. The highest BCUT2D eigenvalue weighted by Crippen LogP contribution is 2.30. The van der Waals surface area contributed by atoms with Crippen molar-refractivity contribution in [2.75, 3.05) is 37.8 Å². The minimum atomic E-state index is 0.378. The molecule has 0 radical (unpaired) electrons. The van der Waals surface area contributed by atoms with Crippen molar-refractivity contribution in [2.45, 2.75) is 13.5 Å². The van der Waals surface area contributed by atoms with Crippen molar-refractivity contribution in [3.8, 4) is 11.5 Å². The van der Waals surface area contributed by atoms with Gasteiger partial charge in [-0.25, -0.2) is 0 Å². The molecule has 0 aliphatic carbocycles. The minimum absolute atomic E-state index is 0.378. The number of benzene rings is 3. The quantitative estimate of drug-likeness (QED) is 0.400. The van der Waals surface area contributed by atoms with Gasteiger partial charge in [0.25, 0.3) is 0 Å². The van der Waals surface area contributed by atoms with Gasteiger partial charge in [0.15, 0.2) is 11.5 Å². The third kappa shape index (κ3) is 5.81. The summed E-state index contributed by atoms with van der Waals surface area (Å²) in [5.41, 5.74) is 3.98. The van der Waals surface area contributed by atoms with Gasteiger partial charge in [-0.2, -0.15) is 0 Å². The summed E-state index contributed by atoms with van der Waals surface area (Å²) in [6.45, 7) is 6.28. The van der Waals surface area contributed by atoms with Gasteiger partial charge in [-0.05, 0) is 61.0 Å². The monoisotopic (exact) mass is 450 g/mol. The molecule has 0 spiro atoms. The Morgan fingerprint density at radius 3 is 2.50 bits per heavy atom. The van der Waals surface area contributed by atoms with E-state index < -0.39 is 0 Å². The normalized spacial score (nSPS) is 14.0. The number of halogens is 1. The maximum atomic E-state index is 6.23. The van der Waals surface area contributed by atoms with Crippen LogP contribution in [0.5, 0.6) is 11.5 Å². The maximum Gasteiger partial charge on any atom is 0.161 e. The summed E-state index contributed by atoms with van der Waals surface area (Å²) in [7, 11) is 0. The van der Waals surface area contributed by atoms with Crippen molar-refractivity contribution in [2.24, 2.45) is 4.99 Å². The Hall–Kier alpha value is -3.02. The van der Waals surface area contributed by atoms with Crippen LogP contribution in [0, 0.1) is 0 Å². The van der Waals surface area contributed by atoms with Gasteiger partial charge in [0, 0.05) is 35.6 Å². The van der Waals surface area contributed by atoms with Crippen LogP contribution < -0.4 is 14.4 Å². The lowest BCUT2D eigenvalue weighted by Crippen LogP contribution is -2.36. The second-order valence-corrected chi connectivity index (χ2v) is 7.80. The summed E-state index contributed by atoms with van der Waals surface area (Å²) in [5.74, 6) is 1.37. The number of morpholine rings is 1. The molecule has 32 heavy (non-hydrogen) atoms. The van der Waals surface area contributed by atoms with Crippen molar-refractivity contribution in [3.63, 3.8) is 0 Å². The van der Waals surface area contributed by atoms with Crippen molar-refractivity contribution >= 4 is 29.2 Å². The number of rotatable bonds is 8. The highest BCUT2D eigenvalue weighted by molar-refractivity contribution is 6.31. The number of hydrogen-bond donors (Lipinski definition) is 0. The summed E-state index contributed by atoms with van der Waals surface area (Å²) < 4.78 is 17.2. The van der Waals surface area contributed by atoms with Crippen molar-refractivity contribution in [3.05, 3.63) is 82.9 Å². The molecule has 3 aromatic carbocycles. The van der Waals surface area contributed by atoms with Gasteiger partial charge in [-0.3, -0.25) is 4.99 Å². The molecule has 0 atom stereocenters. The molecule has 0 aromatic heterocycles. The molecule has 0 bridgehead atoms. The second kappa shape index (κ2) is 11.0. The Labute approximate surface area is 194 Å². The summed E-state index contributed by atoms with van der Waals surface area (Å²) in [5, 5.41) is 0.689. The summed E-state index contributed by atoms with van der Waals surface area (Å²) in [6, 6.07) is 21.8. The molecule has 6 heteroatoms. The number of ether oxygens (including phenoxy) is 3. The molecular weight excluding hydrogens is 424 g/mol. The summed E-state index contributed by atoms with van der Waals surface area (Å²) >= 11 is 6.23. The molecule has 1 aliphatic heterocycles. The van der Waals surface area contributed by atoms with E-state index in [0.29, 0.717) is 29.7 Å². The van der Waals surface area contributed by atoms with Crippen molar-refractivity contribution in [1.29, 1.82) is 0 Å². The zero-order chi connectivity index (χ0) is 22.2. The zero-order valence-electron chi connectivity index (χ0n) is 18.2. The van der Waals surface area contributed by atoms with E-state index >= 15 is 0 Å². The molecule has 1 heterocycles. The fraction of sp³-hybridized carbons (Fsp3) is 0.269. The maximum absolute atomic E-state index is 6.23. The summed E-state index contributed by atoms with van der Waals surface area (Å²) in [6.07, 6.45) is 1.84. The largest absolute Gasteiger partial charge is 0.490 e. The van der Waals surface area contributed by atoms with E-state index in [9.17, 15) is 0 Å². The Kier molecular flexibility index (Phi) is 7.64. The molecule has 1 aliphatic rings. The molecule has 5 nitrogen and oxygen atoms in total. The number of nitrogens with zero attached hydrogens (tertiary/aromatic N) is 2. The van der Waals surface area contributed by atoms with Crippen LogP contribution in [0.25, 0.3) is 0 Å². The smallest absolute Gasteiger partial charge is 0.161 e. The van der Waals surface area contributed by atoms with Crippen LogP contribution in [-0.4, -0.2) is 39.1 Å². The topological polar surface area (TPSA) is 43.3 Å². The van der Waals surface area contributed by atoms with E-state index in [1.807, 2.05) is 67.7 Å². The highest BCUT2D eigenvalue weighted by Gasteiger charge is 2.11.